The predicted molar refractivity (Wildman–Crippen MR) is 51.8 cm³/mol. The summed E-state index contributed by atoms with van der Waals surface area (Å²) in [4.78, 5) is 10.2. The average molecular weight is 225 g/mol. The van der Waals surface area contributed by atoms with Crippen LogP contribution in [-0.4, -0.2) is 29.5 Å². The van der Waals surface area contributed by atoms with Crippen LogP contribution in [0, 0.1) is 6.42 Å². The van der Waals surface area contributed by atoms with Gasteiger partial charge in [-0.1, -0.05) is 0 Å². The minimum atomic E-state index is -1.21. The van der Waals surface area contributed by atoms with Crippen LogP contribution >= 0.6 is 23.2 Å². The van der Waals surface area contributed by atoms with Crippen LogP contribution in [-0.2, 0) is 9.53 Å². The number of hydrogen-bond donors (Lipinski definition) is 1. The van der Waals surface area contributed by atoms with E-state index in [0.29, 0.717) is 13.0 Å². The Kier molecular flexibility index (Phi) is 3.83. The Bertz CT molecular complexity index is 201. The molecule has 0 spiro atoms. The van der Waals surface area contributed by atoms with Crippen molar-refractivity contribution < 1.29 is 9.53 Å². The number of alkyl halides is 2. The monoisotopic (exact) mass is 224 g/mol. The molecule has 0 aromatic rings. The molecule has 0 saturated carbocycles. The van der Waals surface area contributed by atoms with E-state index in [4.69, 9.17) is 27.9 Å². The first-order chi connectivity index (χ1) is 6.11. The van der Waals surface area contributed by atoms with E-state index in [9.17, 15) is 4.79 Å². The summed E-state index contributed by atoms with van der Waals surface area (Å²) in [5.41, 5.74) is -0.595. The second-order valence-corrected chi connectivity index (χ2v) is 3.86. The molecule has 1 fully saturated rings. The number of esters is 1. The number of ether oxygens (including phenoxy) is 1. The van der Waals surface area contributed by atoms with E-state index in [2.05, 4.69) is 5.32 Å². The van der Waals surface area contributed by atoms with Crippen LogP contribution in [0.2, 0.25) is 0 Å². The third kappa shape index (κ3) is 2.27. The first-order valence-electron chi connectivity index (χ1n) is 4.19. The van der Waals surface area contributed by atoms with Gasteiger partial charge in [-0.2, -0.15) is 0 Å². The van der Waals surface area contributed by atoms with E-state index in [1.165, 1.54) is 0 Å². The van der Waals surface area contributed by atoms with Gasteiger partial charge in [0.25, 0.3) is 0 Å². The maximum absolute atomic E-state index is 11.4. The second-order valence-electron chi connectivity index (χ2n) is 2.80. The summed E-state index contributed by atoms with van der Waals surface area (Å²) in [6.45, 7) is 2.78. The van der Waals surface area contributed by atoms with Crippen molar-refractivity contribution in [1.82, 2.24) is 5.32 Å². The number of carbonyl (C=O) groups excluding carboxylic acids is 1. The number of rotatable bonds is 2. The van der Waals surface area contributed by atoms with Crippen LogP contribution in [0.25, 0.3) is 0 Å². The summed E-state index contributed by atoms with van der Waals surface area (Å²) in [5, 5.41) is 2.91. The first-order valence-corrected chi connectivity index (χ1v) is 5.00. The smallest absolute Gasteiger partial charge is 0.330 e. The summed E-state index contributed by atoms with van der Waals surface area (Å²) in [6.07, 6.45) is 2.41. The lowest BCUT2D eigenvalue weighted by atomic mass is 9.98. The Labute approximate surface area is 87.7 Å². The molecule has 0 aromatic heterocycles. The second kappa shape index (κ2) is 4.49. The SMILES string of the molecule is CCOC(=O)C1(Cl)[CH]CCNC1Cl. The molecule has 0 amide bonds. The summed E-state index contributed by atoms with van der Waals surface area (Å²) in [5.74, 6) is -0.483. The highest BCUT2D eigenvalue weighted by atomic mass is 35.5. The topological polar surface area (TPSA) is 38.3 Å². The van der Waals surface area contributed by atoms with Crippen LogP contribution in [0.15, 0.2) is 0 Å². The van der Waals surface area contributed by atoms with Crippen LogP contribution in [0.5, 0.6) is 0 Å². The lowest BCUT2D eigenvalue weighted by Gasteiger charge is -2.33. The fraction of sp³-hybridized carbons (Fsp3) is 0.750. The lowest BCUT2D eigenvalue weighted by Crippen LogP contribution is -2.54. The van der Waals surface area contributed by atoms with Gasteiger partial charge in [-0.05, 0) is 26.3 Å². The average Bonchev–Trinajstić information content (AvgIpc) is 2.11. The Morgan fingerprint density at radius 2 is 2.54 bits per heavy atom. The van der Waals surface area contributed by atoms with Gasteiger partial charge in [-0.15, -0.1) is 23.2 Å². The number of carbonyl (C=O) groups is 1. The van der Waals surface area contributed by atoms with Crippen molar-refractivity contribution >= 4 is 29.2 Å². The Balaban J connectivity index is 2.65. The van der Waals surface area contributed by atoms with E-state index < -0.39 is 16.3 Å². The highest BCUT2D eigenvalue weighted by Crippen LogP contribution is 2.31. The Morgan fingerprint density at radius 1 is 1.85 bits per heavy atom. The Morgan fingerprint density at radius 3 is 3.08 bits per heavy atom. The summed E-state index contributed by atoms with van der Waals surface area (Å²) in [7, 11) is 0. The molecular formula is C8H12Cl2NO2. The standard InChI is InChI=1S/C8H12Cl2NO2/c1-2-13-7(12)8(10)4-3-5-11-6(8)9/h4,6,11H,2-3,5H2,1H3. The van der Waals surface area contributed by atoms with Gasteiger partial charge in [0.2, 0.25) is 0 Å². The van der Waals surface area contributed by atoms with Crippen molar-refractivity contribution in [1.29, 1.82) is 0 Å². The maximum atomic E-state index is 11.4. The highest BCUT2D eigenvalue weighted by molar-refractivity contribution is 6.41. The zero-order valence-corrected chi connectivity index (χ0v) is 8.86. The first kappa shape index (κ1) is 11.1. The highest BCUT2D eigenvalue weighted by Gasteiger charge is 2.46. The lowest BCUT2D eigenvalue weighted by molar-refractivity contribution is -0.145. The van der Waals surface area contributed by atoms with E-state index in [1.54, 1.807) is 13.3 Å². The Hall–Kier alpha value is 0.01000. The fourth-order valence-corrected chi connectivity index (χ4v) is 1.70. The van der Waals surface area contributed by atoms with Gasteiger partial charge in [0, 0.05) is 0 Å². The molecule has 0 bridgehead atoms. The summed E-state index contributed by atoms with van der Waals surface area (Å²) in [6, 6.07) is 0. The number of piperidine rings is 1. The van der Waals surface area contributed by atoms with Crippen molar-refractivity contribution in [2.45, 2.75) is 23.7 Å². The fourth-order valence-electron chi connectivity index (χ4n) is 1.17. The van der Waals surface area contributed by atoms with Gasteiger partial charge in [-0.25, -0.2) is 0 Å². The summed E-state index contributed by atoms with van der Waals surface area (Å²) < 4.78 is 4.83. The number of halogens is 2. The molecule has 1 saturated heterocycles. The number of nitrogens with one attached hydrogen (secondary N) is 1. The predicted octanol–water partition coefficient (Wildman–Crippen LogP) is 1.29. The van der Waals surface area contributed by atoms with Gasteiger partial charge in [0.1, 0.15) is 5.50 Å². The van der Waals surface area contributed by atoms with Crippen molar-refractivity contribution in [2.24, 2.45) is 0 Å². The molecule has 2 atom stereocenters. The zero-order valence-electron chi connectivity index (χ0n) is 7.35. The molecule has 1 heterocycles. The van der Waals surface area contributed by atoms with Crippen molar-refractivity contribution in [3.05, 3.63) is 6.42 Å². The minimum Gasteiger partial charge on any atom is -0.465 e. The van der Waals surface area contributed by atoms with Crippen molar-refractivity contribution in [3.8, 4) is 0 Å². The number of hydrogen-bond acceptors (Lipinski definition) is 3. The molecule has 1 radical (unpaired) electrons. The van der Waals surface area contributed by atoms with Gasteiger partial charge >= 0.3 is 5.97 Å². The molecule has 5 heteroatoms. The molecule has 1 aliphatic heterocycles. The molecule has 3 nitrogen and oxygen atoms in total. The van der Waals surface area contributed by atoms with Crippen LogP contribution in [0.1, 0.15) is 13.3 Å². The maximum Gasteiger partial charge on any atom is 0.330 e. The molecule has 75 valence electrons. The van der Waals surface area contributed by atoms with E-state index in [-0.39, 0.29) is 0 Å². The van der Waals surface area contributed by atoms with E-state index in [0.717, 1.165) is 6.54 Å². The van der Waals surface area contributed by atoms with Crippen LogP contribution in [0.3, 0.4) is 0 Å². The molecule has 2 unspecified atom stereocenters. The molecule has 0 aromatic carbocycles. The normalized spacial score (nSPS) is 34.2. The van der Waals surface area contributed by atoms with E-state index >= 15 is 0 Å². The quantitative estimate of drug-likeness (QED) is 0.437. The van der Waals surface area contributed by atoms with Crippen LogP contribution < -0.4 is 5.32 Å². The molecular weight excluding hydrogens is 213 g/mol. The molecule has 1 N–H and O–H groups in total. The van der Waals surface area contributed by atoms with Gasteiger partial charge in [0.05, 0.1) is 6.61 Å². The molecule has 13 heavy (non-hydrogen) atoms. The van der Waals surface area contributed by atoms with Crippen molar-refractivity contribution in [3.63, 3.8) is 0 Å². The summed E-state index contributed by atoms with van der Waals surface area (Å²) >= 11 is 11.9. The van der Waals surface area contributed by atoms with E-state index in [1.807, 2.05) is 0 Å². The van der Waals surface area contributed by atoms with Gasteiger partial charge in [-0.3, -0.25) is 10.1 Å². The largest absolute Gasteiger partial charge is 0.465 e. The third-order valence-corrected chi connectivity index (χ3v) is 3.00. The minimum absolute atomic E-state index is 0.310. The molecule has 1 aliphatic rings. The third-order valence-electron chi connectivity index (χ3n) is 1.87. The van der Waals surface area contributed by atoms with Gasteiger partial charge in [0.15, 0.2) is 4.87 Å². The van der Waals surface area contributed by atoms with Crippen LogP contribution in [0.4, 0.5) is 0 Å². The van der Waals surface area contributed by atoms with Crippen molar-refractivity contribution in [2.75, 3.05) is 13.2 Å². The molecule has 1 rings (SSSR count). The van der Waals surface area contributed by atoms with Gasteiger partial charge < -0.3 is 4.74 Å². The molecule has 0 aliphatic carbocycles. The zero-order chi connectivity index (χ0) is 9.90.